The predicted molar refractivity (Wildman–Crippen MR) is 109 cm³/mol. The van der Waals surface area contributed by atoms with Crippen LogP contribution in [-0.4, -0.2) is 22.6 Å². The summed E-state index contributed by atoms with van der Waals surface area (Å²) in [6, 6.07) is 18.4. The summed E-state index contributed by atoms with van der Waals surface area (Å²) in [6.45, 7) is 2.06. The van der Waals surface area contributed by atoms with Crippen LogP contribution in [0.2, 0.25) is 0 Å². The van der Waals surface area contributed by atoms with E-state index in [9.17, 15) is 8.42 Å². The average molecular weight is 414 g/mol. The van der Waals surface area contributed by atoms with Crippen molar-refractivity contribution >= 4 is 10.1 Å². The van der Waals surface area contributed by atoms with Gasteiger partial charge in [0, 0.05) is 12.1 Å². The Morgan fingerprint density at radius 1 is 0.793 bits per heavy atom. The fourth-order valence-electron chi connectivity index (χ4n) is 2.65. The molecule has 0 aliphatic carbocycles. The van der Waals surface area contributed by atoms with E-state index in [1.54, 1.807) is 56.7 Å². The molecule has 0 aliphatic rings. The minimum absolute atomic E-state index is 0.0187. The molecule has 0 fully saturated rings. The van der Waals surface area contributed by atoms with Gasteiger partial charge in [-0.15, -0.1) is 0 Å². The first-order chi connectivity index (χ1) is 13.9. The van der Waals surface area contributed by atoms with Gasteiger partial charge in [0.25, 0.3) is 0 Å². The molecule has 0 bridgehead atoms. The highest BCUT2D eigenvalue weighted by molar-refractivity contribution is 7.87. The van der Waals surface area contributed by atoms with E-state index in [4.69, 9.17) is 18.4 Å². The Balaban J connectivity index is 1.81. The Labute approximate surface area is 170 Å². The quantitative estimate of drug-likeness (QED) is 0.510. The fourth-order valence-corrected chi connectivity index (χ4v) is 3.60. The Morgan fingerprint density at radius 2 is 1.45 bits per heavy atom. The number of ether oxygens (including phenoxy) is 3. The van der Waals surface area contributed by atoms with Crippen molar-refractivity contribution in [1.29, 1.82) is 0 Å². The largest absolute Gasteiger partial charge is 0.497 e. The second-order valence-electron chi connectivity index (χ2n) is 6.29. The minimum atomic E-state index is -3.98. The van der Waals surface area contributed by atoms with E-state index in [1.807, 2.05) is 19.1 Å². The topological polar surface area (TPSA) is 71.1 Å². The first-order valence-corrected chi connectivity index (χ1v) is 10.3. The zero-order chi connectivity index (χ0) is 20.9. The van der Waals surface area contributed by atoms with Crippen molar-refractivity contribution in [2.75, 3.05) is 14.2 Å². The highest BCUT2D eigenvalue weighted by atomic mass is 32.2. The normalized spacial score (nSPS) is 11.0. The molecule has 0 saturated carbocycles. The van der Waals surface area contributed by atoms with E-state index in [0.29, 0.717) is 17.2 Å². The molecule has 0 unspecified atom stereocenters. The van der Waals surface area contributed by atoms with Crippen LogP contribution in [0, 0.1) is 6.92 Å². The van der Waals surface area contributed by atoms with Crippen molar-refractivity contribution in [3.63, 3.8) is 0 Å². The summed E-state index contributed by atoms with van der Waals surface area (Å²) in [5.74, 6) is 1.99. The standard InChI is InChI=1S/C22H22O6S/c1-16-9-10-21(29(23,24)28-18-7-5-4-6-8-18)14-22(16)27-15-17-11-19(25-2)13-20(12-17)26-3/h4-14H,15H2,1-3H3. The maximum atomic E-state index is 12.6. The smallest absolute Gasteiger partial charge is 0.339 e. The van der Waals surface area contributed by atoms with E-state index >= 15 is 0 Å². The Morgan fingerprint density at radius 3 is 2.07 bits per heavy atom. The SMILES string of the molecule is COc1cc(COc2cc(S(=O)(=O)Oc3ccccc3)ccc2C)cc(OC)c1. The highest BCUT2D eigenvalue weighted by Gasteiger charge is 2.18. The lowest BCUT2D eigenvalue weighted by Gasteiger charge is -2.13. The number of benzene rings is 3. The number of rotatable bonds is 8. The number of para-hydroxylation sites is 1. The molecular weight excluding hydrogens is 392 g/mol. The number of hydrogen-bond donors (Lipinski definition) is 0. The molecular formula is C22H22O6S. The number of hydrogen-bond acceptors (Lipinski definition) is 6. The maximum absolute atomic E-state index is 12.6. The van der Waals surface area contributed by atoms with Gasteiger partial charge in [-0.25, -0.2) is 0 Å². The van der Waals surface area contributed by atoms with E-state index in [1.165, 1.54) is 12.1 Å². The summed E-state index contributed by atoms with van der Waals surface area (Å²) in [6.07, 6.45) is 0. The van der Waals surface area contributed by atoms with Crippen LogP contribution < -0.4 is 18.4 Å². The predicted octanol–water partition coefficient (Wildman–Crippen LogP) is 4.36. The van der Waals surface area contributed by atoms with Crippen molar-refractivity contribution in [2.45, 2.75) is 18.4 Å². The van der Waals surface area contributed by atoms with Gasteiger partial charge < -0.3 is 18.4 Å². The zero-order valence-electron chi connectivity index (χ0n) is 16.4. The Bertz CT molecular complexity index is 1060. The number of methoxy groups -OCH3 is 2. The lowest BCUT2D eigenvalue weighted by atomic mass is 10.2. The van der Waals surface area contributed by atoms with Gasteiger partial charge in [0.2, 0.25) is 0 Å². The van der Waals surface area contributed by atoms with Crippen LogP contribution in [0.15, 0.2) is 71.6 Å². The lowest BCUT2D eigenvalue weighted by Crippen LogP contribution is -2.10. The third-order valence-corrected chi connectivity index (χ3v) is 5.45. The molecule has 6 nitrogen and oxygen atoms in total. The van der Waals surface area contributed by atoms with Crippen LogP contribution in [0.25, 0.3) is 0 Å². The summed E-state index contributed by atoms with van der Waals surface area (Å²) in [4.78, 5) is 0.0187. The molecule has 3 aromatic carbocycles. The van der Waals surface area contributed by atoms with E-state index in [0.717, 1.165) is 11.1 Å². The third kappa shape index (κ3) is 5.20. The molecule has 0 heterocycles. The molecule has 0 amide bonds. The Kier molecular flexibility index (Phi) is 6.29. The van der Waals surface area contributed by atoms with Crippen molar-refractivity contribution in [3.05, 3.63) is 77.9 Å². The van der Waals surface area contributed by atoms with Crippen LogP contribution in [-0.2, 0) is 16.7 Å². The van der Waals surface area contributed by atoms with Crippen LogP contribution in [0.3, 0.4) is 0 Å². The van der Waals surface area contributed by atoms with Crippen LogP contribution in [0.4, 0.5) is 0 Å². The van der Waals surface area contributed by atoms with Gasteiger partial charge in [0.1, 0.15) is 34.5 Å². The Hall–Kier alpha value is -3.19. The fraction of sp³-hybridized carbons (Fsp3) is 0.182. The summed E-state index contributed by atoms with van der Waals surface area (Å²) in [5.41, 5.74) is 1.63. The van der Waals surface area contributed by atoms with Crippen molar-refractivity contribution in [2.24, 2.45) is 0 Å². The van der Waals surface area contributed by atoms with Crippen molar-refractivity contribution in [1.82, 2.24) is 0 Å². The van der Waals surface area contributed by atoms with Gasteiger partial charge in [-0.05, 0) is 48.4 Å². The molecule has 29 heavy (non-hydrogen) atoms. The van der Waals surface area contributed by atoms with Crippen LogP contribution in [0.1, 0.15) is 11.1 Å². The maximum Gasteiger partial charge on any atom is 0.339 e. The summed E-state index contributed by atoms with van der Waals surface area (Å²) >= 11 is 0. The molecule has 3 aromatic rings. The third-order valence-electron chi connectivity index (χ3n) is 4.20. The molecule has 0 saturated heterocycles. The van der Waals surface area contributed by atoms with Gasteiger partial charge in [-0.2, -0.15) is 8.42 Å². The molecule has 152 valence electrons. The molecule has 0 atom stereocenters. The van der Waals surface area contributed by atoms with E-state index in [2.05, 4.69) is 0 Å². The number of aryl methyl sites for hydroxylation is 1. The molecule has 0 aliphatic heterocycles. The van der Waals surface area contributed by atoms with Gasteiger partial charge in [-0.1, -0.05) is 24.3 Å². The summed E-state index contributed by atoms with van der Waals surface area (Å²) in [5, 5.41) is 0. The van der Waals surface area contributed by atoms with Gasteiger partial charge in [0.05, 0.1) is 14.2 Å². The first kappa shape index (κ1) is 20.5. The van der Waals surface area contributed by atoms with Gasteiger partial charge in [-0.3, -0.25) is 0 Å². The second-order valence-corrected chi connectivity index (χ2v) is 7.83. The molecule has 0 N–H and O–H groups in total. The molecule has 0 radical (unpaired) electrons. The van der Waals surface area contributed by atoms with Crippen molar-refractivity contribution < 1.29 is 26.8 Å². The monoisotopic (exact) mass is 414 g/mol. The lowest BCUT2D eigenvalue weighted by molar-refractivity contribution is 0.301. The highest BCUT2D eigenvalue weighted by Crippen LogP contribution is 2.27. The minimum Gasteiger partial charge on any atom is -0.497 e. The summed E-state index contributed by atoms with van der Waals surface area (Å²) in [7, 11) is -0.829. The molecule has 0 spiro atoms. The molecule has 7 heteroatoms. The van der Waals surface area contributed by atoms with Gasteiger partial charge in [0.15, 0.2) is 0 Å². The average Bonchev–Trinajstić information content (AvgIpc) is 2.73. The molecule has 0 aromatic heterocycles. The van der Waals surface area contributed by atoms with Crippen LogP contribution >= 0.6 is 0 Å². The van der Waals surface area contributed by atoms with Gasteiger partial charge >= 0.3 is 10.1 Å². The van der Waals surface area contributed by atoms with E-state index < -0.39 is 10.1 Å². The first-order valence-electron chi connectivity index (χ1n) is 8.86. The summed E-state index contributed by atoms with van der Waals surface area (Å²) < 4.78 is 46.8. The second kappa shape index (κ2) is 8.87. The van der Waals surface area contributed by atoms with Crippen LogP contribution in [0.5, 0.6) is 23.0 Å². The molecule has 3 rings (SSSR count). The van der Waals surface area contributed by atoms with E-state index in [-0.39, 0.29) is 17.3 Å². The zero-order valence-corrected chi connectivity index (χ0v) is 17.2. The van der Waals surface area contributed by atoms with Crippen molar-refractivity contribution in [3.8, 4) is 23.0 Å².